The molecule has 0 aliphatic rings. The minimum atomic E-state index is -3.32. The zero-order chi connectivity index (χ0) is 19.2. The number of carbonyl (C=O) groups excluding carboxylic acids is 1. The lowest BCUT2D eigenvalue weighted by Crippen LogP contribution is -2.28. The minimum Gasteiger partial charge on any atom is -0.494 e. The molecule has 0 saturated heterocycles. The zero-order valence-electron chi connectivity index (χ0n) is 15.2. The van der Waals surface area contributed by atoms with Gasteiger partial charge >= 0.3 is 0 Å². The maximum absolute atomic E-state index is 12.3. The highest BCUT2D eigenvalue weighted by atomic mass is 32.2. The fraction of sp³-hybridized carbons (Fsp3) is 0.316. The van der Waals surface area contributed by atoms with Crippen LogP contribution in [0, 0.1) is 0 Å². The molecule has 0 spiro atoms. The summed E-state index contributed by atoms with van der Waals surface area (Å²) in [6, 6.07) is 14.0. The Kier molecular flexibility index (Phi) is 6.63. The lowest BCUT2D eigenvalue weighted by Gasteiger charge is -2.18. The van der Waals surface area contributed by atoms with Crippen molar-refractivity contribution in [2.24, 2.45) is 0 Å². The van der Waals surface area contributed by atoms with Gasteiger partial charge in [0.1, 0.15) is 5.75 Å². The van der Waals surface area contributed by atoms with Crippen LogP contribution in [0.15, 0.2) is 48.5 Å². The largest absolute Gasteiger partial charge is 0.494 e. The van der Waals surface area contributed by atoms with Crippen molar-refractivity contribution in [1.29, 1.82) is 0 Å². The molecule has 0 heterocycles. The van der Waals surface area contributed by atoms with Crippen molar-refractivity contribution in [2.75, 3.05) is 23.7 Å². The molecule has 26 heavy (non-hydrogen) atoms. The number of carbonyl (C=O) groups is 1. The van der Waals surface area contributed by atoms with Crippen LogP contribution in [0.2, 0.25) is 0 Å². The Morgan fingerprint density at radius 1 is 1.04 bits per heavy atom. The molecule has 140 valence electrons. The van der Waals surface area contributed by atoms with Crippen LogP contribution in [0.25, 0.3) is 0 Å². The fourth-order valence-corrected chi connectivity index (χ4v) is 3.16. The Morgan fingerprint density at radius 3 is 2.19 bits per heavy atom. The van der Waals surface area contributed by atoms with Crippen LogP contribution in [0.4, 0.5) is 5.69 Å². The number of benzene rings is 2. The highest BCUT2D eigenvalue weighted by molar-refractivity contribution is 7.92. The van der Waals surface area contributed by atoms with Crippen molar-refractivity contribution < 1.29 is 17.9 Å². The lowest BCUT2D eigenvalue weighted by molar-refractivity contribution is 0.0951. The van der Waals surface area contributed by atoms with Crippen LogP contribution >= 0.6 is 0 Å². The number of anilines is 1. The van der Waals surface area contributed by atoms with Gasteiger partial charge in [-0.25, -0.2) is 8.42 Å². The van der Waals surface area contributed by atoms with E-state index >= 15 is 0 Å². The van der Waals surface area contributed by atoms with Crippen molar-refractivity contribution in [3.63, 3.8) is 0 Å². The summed E-state index contributed by atoms with van der Waals surface area (Å²) in [5, 5.41) is 2.85. The molecule has 0 radical (unpaired) electrons. The smallest absolute Gasteiger partial charge is 0.251 e. The fourth-order valence-electron chi connectivity index (χ4n) is 2.33. The predicted octanol–water partition coefficient (Wildman–Crippen LogP) is 2.80. The summed E-state index contributed by atoms with van der Waals surface area (Å²) in [5.74, 6) is 0.601. The predicted molar refractivity (Wildman–Crippen MR) is 103 cm³/mol. The first-order chi connectivity index (χ1) is 12.4. The Labute approximate surface area is 154 Å². The van der Waals surface area contributed by atoms with Crippen molar-refractivity contribution in [3.8, 4) is 5.75 Å². The van der Waals surface area contributed by atoms with Gasteiger partial charge in [0.25, 0.3) is 5.91 Å². The maximum Gasteiger partial charge on any atom is 0.251 e. The second-order valence-corrected chi connectivity index (χ2v) is 7.96. The summed E-state index contributed by atoms with van der Waals surface area (Å²) in [6.45, 7) is 4.53. The Hall–Kier alpha value is -2.54. The van der Waals surface area contributed by atoms with Crippen molar-refractivity contribution >= 4 is 21.6 Å². The van der Waals surface area contributed by atoms with Gasteiger partial charge in [0.2, 0.25) is 10.0 Å². The average molecular weight is 376 g/mol. The number of amides is 1. The van der Waals surface area contributed by atoms with Gasteiger partial charge in [0.05, 0.1) is 18.0 Å². The third-order valence-electron chi connectivity index (χ3n) is 3.96. The van der Waals surface area contributed by atoms with Crippen LogP contribution in [0.1, 0.15) is 29.8 Å². The molecule has 7 heteroatoms. The first-order valence-electron chi connectivity index (χ1n) is 8.44. The van der Waals surface area contributed by atoms with E-state index in [1.54, 1.807) is 31.2 Å². The zero-order valence-corrected chi connectivity index (χ0v) is 16.0. The van der Waals surface area contributed by atoms with Crippen LogP contribution in [-0.2, 0) is 16.6 Å². The van der Waals surface area contributed by atoms with Gasteiger partial charge in [-0.1, -0.05) is 12.1 Å². The van der Waals surface area contributed by atoms with E-state index in [4.69, 9.17) is 4.74 Å². The number of nitrogens with zero attached hydrogens (tertiary/aromatic N) is 1. The van der Waals surface area contributed by atoms with Crippen molar-refractivity contribution in [1.82, 2.24) is 5.32 Å². The number of hydrogen-bond donors (Lipinski definition) is 1. The molecular weight excluding hydrogens is 352 g/mol. The summed E-state index contributed by atoms with van der Waals surface area (Å²) in [7, 11) is -1.82. The molecule has 2 rings (SSSR count). The van der Waals surface area contributed by atoms with Crippen LogP contribution in [0.5, 0.6) is 5.75 Å². The van der Waals surface area contributed by atoms with Gasteiger partial charge in [0.15, 0.2) is 0 Å². The van der Waals surface area contributed by atoms with E-state index in [2.05, 4.69) is 5.32 Å². The van der Waals surface area contributed by atoms with Gasteiger partial charge in [0, 0.05) is 19.2 Å². The van der Waals surface area contributed by atoms with Crippen LogP contribution in [-0.4, -0.2) is 33.7 Å². The molecule has 0 atom stereocenters. The SMILES string of the molecule is CCOc1ccc(CNC(=O)c2ccc(N(C)S(=O)(=O)CC)cc2)cc1. The molecular formula is C19H24N2O4S. The maximum atomic E-state index is 12.3. The van der Waals surface area contributed by atoms with E-state index in [0.29, 0.717) is 24.4 Å². The van der Waals surface area contributed by atoms with Crippen LogP contribution in [0.3, 0.4) is 0 Å². The monoisotopic (exact) mass is 376 g/mol. The molecule has 6 nitrogen and oxygen atoms in total. The third-order valence-corrected chi connectivity index (χ3v) is 5.74. The van der Waals surface area contributed by atoms with E-state index in [1.807, 2.05) is 31.2 Å². The first-order valence-corrected chi connectivity index (χ1v) is 10.0. The number of rotatable bonds is 8. The van der Waals surface area contributed by atoms with Gasteiger partial charge in [-0.05, 0) is 55.8 Å². The lowest BCUT2D eigenvalue weighted by atomic mass is 10.1. The van der Waals surface area contributed by atoms with Gasteiger partial charge < -0.3 is 10.1 Å². The van der Waals surface area contributed by atoms with Gasteiger partial charge in [-0.2, -0.15) is 0 Å². The molecule has 2 aromatic rings. The Bertz CT molecular complexity index is 831. The highest BCUT2D eigenvalue weighted by Crippen LogP contribution is 2.17. The Balaban J connectivity index is 1.97. The normalized spacial score (nSPS) is 11.0. The quantitative estimate of drug-likeness (QED) is 0.769. The number of hydrogen-bond acceptors (Lipinski definition) is 4. The third kappa shape index (κ3) is 4.98. The van der Waals surface area contributed by atoms with E-state index < -0.39 is 10.0 Å². The molecule has 1 N–H and O–H groups in total. The van der Waals surface area contributed by atoms with Crippen molar-refractivity contribution in [2.45, 2.75) is 20.4 Å². The van der Waals surface area contributed by atoms with E-state index in [0.717, 1.165) is 11.3 Å². The summed E-state index contributed by atoms with van der Waals surface area (Å²) in [4.78, 5) is 12.3. The molecule has 2 aromatic carbocycles. The first kappa shape index (κ1) is 19.8. The van der Waals surface area contributed by atoms with Gasteiger partial charge in [-0.15, -0.1) is 0 Å². The molecule has 0 aliphatic heterocycles. The van der Waals surface area contributed by atoms with Crippen molar-refractivity contribution in [3.05, 3.63) is 59.7 Å². The molecule has 1 amide bonds. The average Bonchev–Trinajstić information content (AvgIpc) is 2.67. The summed E-state index contributed by atoms with van der Waals surface area (Å²) in [6.07, 6.45) is 0. The molecule has 0 aliphatic carbocycles. The second kappa shape index (κ2) is 8.71. The van der Waals surface area contributed by atoms with E-state index in [-0.39, 0.29) is 11.7 Å². The standard InChI is InChI=1S/C19H24N2O4S/c1-4-25-18-12-6-15(7-13-18)14-20-19(22)16-8-10-17(11-9-16)21(3)26(23,24)5-2/h6-13H,4-5,14H2,1-3H3,(H,20,22). The van der Waals surface area contributed by atoms with E-state index in [1.165, 1.54) is 11.4 Å². The molecule has 0 bridgehead atoms. The van der Waals surface area contributed by atoms with E-state index in [9.17, 15) is 13.2 Å². The van der Waals surface area contributed by atoms with Crippen LogP contribution < -0.4 is 14.4 Å². The second-order valence-electron chi connectivity index (χ2n) is 5.67. The Morgan fingerprint density at radius 2 is 1.65 bits per heavy atom. The topological polar surface area (TPSA) is 75.7 Å². The summed E-state index contributed by atoms with van der Waals surface area (Å²) in [5.41, 5.74) is 1.96. The number of sulfonamides is 1. The molecule has 0 aromatic heterocycles. The number of ether oxygens (including phenoxy) is 1. The highest BCUT2D eigenvalue weighted by Gasteiger charge is 2.16. The summed E-state index contributed by atoms with van der Waals surface area (Å²) < 4.78 is 30.4. The minimum absolute atomic E-state index is 0.0217. The molecule has 0 unspecified atom stereocenters. The van der Waals surface area contributed by atoms with Gasteiger partial charge in [-0.3, -0.25) is 9.10 Å². The molecule has 0 fully saturated rings. The summed E-state index contributed by atoms with van der Waals surface area (Å²) >= 11 is 0. The number of nitrogens with one attached hydrogen (secondary N) is 1. The molecule has 0 saturated carbocycles.